The summed E-state index contributed by atoms with van der Waals surface area (Å²) in [6, 6.07) is 8.63. The smallest absolute Gasteiger partial charge is 0.00669 e. The molecule has 0 amide bonds. The monoisotopic (exact) mass is 200 g/mol. The molecule has 1 rings (SSSR count). The maximum Gasteiger partial charge on any atom is -0.00669 e. The van der Waals surface area contributed by atoms with Gasteiger partial charge < -0.3 is 0 Å². The van der Waals surface area contributed by atoms with Crippen LogP contribution in [0.15, 0.2) is 49.1 Å². The quantitative estimate of drug-likeness (QED) is 0.621. The van der Waals surface area contributed by atoms with E-state index in [9.17, 15) is 0 Å². The van der Waals surface area contributed by atoms with Crippen molar-refractivity contribution in [3.8, 4) is 0 Å². The highest BCUT2D eigenvalue weighted by molar-refractivity contribution is 5.26. The summed E-state index contributed by atoms with van der Waals surface area (Å²) in [5.74, 6) is 0.531. The minimum absolute atomic E-state index is 0.531. The van der Waals surface area contributed by atoms with Gasteiger partial charge in [-0.15, -0.1) is 6.58 Å². The summed E-state index contributed by atoms with van der Waals surface area (Å²) in [5, 5.41) is 0. The largest absolute Gasteiger partial charge is 0.103 e. The molecule has 1 atom stereocenters. The third kappa shape index (κ3) is 3.75. The number of hydrogen-bond acceptors (Lipinski definition) is 0. The van der Waals surface area contributed by atoms with Crippen LogP contribution in [0.2, 0.25) is 0 Å². The number of benzene rings is 1. The van der Waals surface area contributed by atoms with Gasteiger partial charge in [0.05, 0.1) is 0 Å². The number of hydrogen-bond donors (Lipinski definition) is 0. The fourth-order valence-electron chi connectivity index (χ4n) is 1.68. The second-order valence-electron chi connectivity index (χ2n) is 4.25. The Labute approximate surface area is 93.3 Å². The molecule has 1 unspecified atom stereocenters. The molecular weight excluding hydrogens is 180 g/mol. The van der Waals surface area contributed by atoms with E-state index in [0.717, 1.165) is 12.8 Å². The molecule has 0 heteroatoms. The highest BCUT2D eigenvalue weighted by atomic mass is 14.1. The summed E-state index contributed by atoms with van der Waals surface area (Å²) in [7, 11) is 0. The van der Waals surface area contributed by atoms with E-state index in [1.54, 1.807) is 0 Å². The molecule has 0 spiro atoms. The molecule has 0 aliphatic carbocycles. The van der Waals surface area contributed by atoms with Gasteiger partial charge in [0.25, 0.3) is 0 Å². The van der Waals surface area contributed by atoms with Gasteiger partial charge in [-0.25, -0.2) is 0 Å². The fraction of sp³-hybridized carbons (Fsp3) is 0.333. The van der Waals surface area contributed by atoms with E-state index in [0.29, 0.717) is 5.92 Å². The summed E-state index contributed by atoms with van der Waals surface area (Å²) in [4.78, 5) is 0. The highest BCUT2D eigenvalue weighted by Crippen LogP contribution is 2.18. The van der Waals surface area contributed by atoms with Gasteiger partial charge in [-0.2, -0.15) is 0 Å². The summed E-state index contributed by atoms with van der Waals surface area (Å²) in [5.41, 5.74) is 3.97. The molecule has 0 aliphatic rings. The molecule has 1 aromatic carbocycles. The van der Waals surface area contributed by atoms with Gasteiger partial charge >= 0.3 is 0 Å². The van der Waals surface area contributed by atoms with Gasteiger partial charge in [0.2, 0.25) is 0 Å². The van der Waals surface area contributed by atoms with Crippen molar-refractivity contribution >= 4 is 0 Å². The van der Waals surface area contributed by atoms with Gasteiger partial charge in [0, 0.05) is 0 Å². The Morgan fingerprint density at radius 1 is 1.47 bits per heavy atom. The zero-order valence-electron chi connectivity index (χ0n) is 9.79. The predicted molar refractivity (Wildman–Crippen MR) is 68.0 cm³/mol. The molecule has 0 fully saturated rings. The zero-order chi connectivity index (χ0) is 11.3. The zero-order valence-corrected chi connectivity index (χ0v) is 9.79. The average Bonchev–Trinajstić information content (AvgIpc) is 2.18. The van der Waals surface area contributed by atoms with Crippen LogP contribution in [-0.4, -0.2) is 0 Å². The number of rotatable bonds is 5. The molecule has 80 valence electrons. The van der Waals surface area contributed by atoms with E-state index in [-0.39, 0.29) is 0 Å². The summed E-state index contributed by atoms with van der Waals surface area (Å²) in [6.45, 7) is 12.2. The maximum absolute atomic E-state index is 4.15. The Bertz CT molecular complexity index is 347. The Hall–Kier alpha value is -1.30. The van der Waals surface area contributed by atoms with Crippen LogP contribution in [0.4, 0.5) is 0 Å². The van der Waals surface area contributed by atoms with Crippen LogP contribution in [0.5, 0.6) is 0 Å². The summed E-state index contributed by atoms with van der Waals surface area (Å²) in [6.07, 6.45) is 3.97. The first-order valence-corrected chi connectivity index (χ1v) is 5.47. The Morgan fingerprint density at radius 3 is 2.80 bits per heavy atom. The second-order valence-corrected chi connectivity index (χ2v) is 4.25. The van der Waals surface area contributed by atoms with Crippen molar-refractivity contribution in [3.63, 3.8) is 0 Å². The normalized spacial score (nSPS) is 12.1. The van der Waals surface area contributed by atoms with E-state index < -0.39 is 0 Å². The fourth-order valence-corrected chi connectivity index (χ4v) is 1.68. The Kier molecular flexibility index (Phi) is 4.36. The number of aryl methyl sites for hydroxylation is 1. The summed E-state index contributed by atoms with van der Waals surface area (Å²) >= 11 is 0. The molecule has 0 aliphatic heterocycles. The van der Waals surface area contributed by atoms with Crippen LogP contribution in [0.3, 0.4) is 0 Å². The van der Waals surface area contributed by atoms with Crippen molar-refractivity contribution in [3.05, 3.63) is 60.2 Å². The lowest BCUT2D eigenvalue weighted by Crippen LogP contribution is -2.00. The van der Waals surface area contributed by atoms with Gasteiger partial charge in [0.15, 0.2) is 0 Å². The number of allylic oxidation sites excluding steroid dienone is 2. The first-order chi connectivity index (χ1) is 7.13. The van der Waals surface area contributed by atoms with Crippen LogP contribution < -0.4 is 0 Å². The minimum atomic E-state index is 0.531. The van der Waals surface area contributed by atoms with Gasteiger partial charge in [-0.1, -0.05) is 55.0 Å². The van der Waals surface area contributed by atoms with Crippen LogP contribution in [0.25, 0.3) is 0 Å². The minimum Gasteiger partial charge on any atom is -0.103 e. The molecule has 0 saturated carbocycles. The molecule has 0 saturated heterocycles. The van der Waals surface area contributed by atoms with Crippen molar-refractivity contribution in [1.82, 2.24) is 0 Å². The molecule has 0 nitrogen and oxygen atoms in total. The van der Waals surface area contributed by atoms with Crippen LogP contribution in [0.1, 0.15) is 24.5 Å². The van der Waals surface area contributed by atoms with Crippen LogP contribution >= 0.6 is 0 Å². The first-order valence-electron chi connectivity index (χ1n) is 5.47. The van der Waals surface area contributed by atoms with E-state index in [2.05, 4.69) is 51.3 Å². The lowest BCUT2D eigenvalue weighted by molar-refractivity contribution is 0.678. The van der Waals surface area contributed by atoms with E-state index in [1.807, 2.05) is 6.08 Å². The third-order valence-electron chi connectivity index (χ3n) is 2.73. The van der Waals surface area contributed by atoms with E-state index in [4.69, 9.17) is 0 Å². The molecule has 0 bridgehead atoms. The first kappa shape index (κ1) is 11.8. The van der Waals surface area contributed by atoms with Crippen molar-refractivity contribution in [2.75, 3.05) is 0 Å². The van der Waals surface area contributed by atoms with Crippen LogP contribution in [0, 0.1) is 12.8 Å². The van der Waals surface area contributed by atoms with Gasteiger partial charge in [-0.05, 0) is 31.2 Å². The Balaban J connectivity index is 2.62. The molecular formula is C15H20. The van der Waals surface area contributed by atoms with E-state index >= 15 is 0 Å². The lowest BCUT2D eigenvalue weighted by atomic mass is 9.93. The van der Waals surface area contributed by atoms with Crippen molar-refractivity contribution in [1.29, 1.82) is 0 Å². The summed E-state index contributed by atoms with van der Waals surface area (Å²) < 4.78 is 0. The average molecular weight is 200 g/mol. The van der Waals surface area contributed by atoms with Crippen LogP contribution in [-0.2, 0) is 6.42 Å². The lowest BCUT2D eigenvalue weighted by Gasteiger charge is -2.13. The van der Waals surface area contributed by atoms with Crippen molar-refractivity contribution < 1.29 is 0 Å². The Morgan fingerprint density at radius 2 is 2.20 bits per heavy atom. The standard InChI is InChI=1S/C15H20/c1-5-7-13(3)14(4)11-15-9-6-8-12(2)10-15/h5-6,8-10,13H,1,4,7,11H2,2-3H3. The van der Waals surface area contributed by atoms with Gasteiger partial charge in [-0.3, -0.25) is 0 Å². The predicted octanol–water partition coefficient (Wildman–Crippen LogP) is 4.31. The molecule has 15 heavy (non-hydrogen) atoms. The molecule has 0 radical (unpaired) electrons. The SMILES string of the molecule is C=CCC(C)C(=C)Cc1cccc(C)c1. The van der Waals surface area contributed by atoms with Crippen molar-refractivity contribution in [2.45, 2.75) is 26.7 Å². The third-order valence-corrected chi connectivity index (χ3v) is 2.73. The molecule has 0 aromatic heterocycles. The molecule has 0 heterocycles. The van der Waals surface area contributed by atoms with Gasteiger partial charge in [0.1, 0.15) is 0 Å². The van der Waals surface area contributed by atoms with E-state index in [1.165, 1.54) is 16.7 Å². The topological polar surface area (TPSA) is 0 Å². The highest BCUT2D eigenvalue weighted by Gasteiger charge is 2.05. The molecule has 1 aromatic rings. The maximum atomic E-state index is 4.15. The molecule has 0 N–H and O–H groups in total. The second kappa shape index (κ2) is 5.55. The van der Waals surface area contributed by atoms with Crippen molar-refractivity contribution in [2.24, 2.45) is 5.92 Å².